The van der Waals surface area contributed by atoms with Crippen molar-refractivity contribution in [2.75, 3.05) is 6.54 Å². The average Bonchev–Trinajstić information content (AvgIpc) is 2.98. The Morgan fingerprint density at radius 3 is 2.92 bits per heavy atom. The molecular formula is C17H23N5O2. The van der Waals surface area contributed by atoms with Gasteiger partial charge in [-0.25, -0.2) is 4.98 Å². The number of hydrogen-bond acceptors (Lipinski definition) is 4. The van der Waals surface area contributed by atoms with Gasteiger partial charge in [-0.15, -0.1) is 0 Å². The van der Waals surface area contributed by atoms with Crippen LogP contribution < -0.4 is 5.56 Å². The summed E-state index contributed by atoms with van der Waals surface area (Å²) in [6.07, 6.45) is 10.1. The van der Waals surface area contributed by atoms with Gasteiger partial charge in [0.1, 0.15) is 18.3 Å². The quantitative estimate of drug-likeness (QED) is 0.833. The lowest BCUT2D eigenvalue weighted by Gasteiger charge is -2.44. The van der Waals surface area contributed by atoms with Crippen molar-refractivity contribution in [3.8, 4) is 0 Å². The second kappa shape index (κ2) is 6.03. The van der Waals surface area contributed by atoms with Gasteiger partial charge in [0.25, 0.3) is 5.56 Å². The summed E-state index contributed by atoms with van der Waals surface area (Å²) < 4.78 is 2.99. The molecule has 2 aromatic heterocycles. The van der Waals surface area contributed by atoms with Gasteiger partial charge < -0.3 is 4.90 Å². The van der Waals surface area contributed by atoms with Gasteiger partial charge >= 0.3 is 0 Å². The number of aryl methyl sites for hydroxylation is 1. The van der Waals surface area contributed by atoms with Gasteiger partial charge in [-0.05, 0) is 31.6 Å². The number of hydrogen-bond donors (Lipinski definition) is 0. The largest absolute Gasteiger partial charge is 0.338 e. The summed E-state index contributed by atoms with van der Waals surface area (Å²) in [6, 6.07) is 0.366. The first-order chi connectivity index (χ1) is 11.6. The van der Waals surface area contributed by atoms with Crippen LogP contribution in [-0.2, 0) is 18.4 Å². The van der Waals surface area contributed by atoms with Gasteiger partial charge in [0.05, 0.1) is 6.20 Å². The zero-order chi connectivity index (χ0) is 16.7. The van der Waals surface area contributed by atoms with E-state index in [-0.39, 0.29) is 18.0 Å². The average molecular weight is 329 g/mol. The van der Waals surface area contributed by atoms with E-state index in [2.05, 4.69) is 10.1 Å². The van der Waals surface area contributed by atoms with Crippen LogP contribution in [0.25, 0.3) is 11.0 Å². The maximum Gasteiger partial charge on any atom is 0.264 e. The fourth-order valence-electron chi connectivity index (χ4n) is 4.35. The Labute approximate surface area is 140 Å². The minimum absolute atomic E-state index is 0.0405. The summed E-state index contributed by atoms with van der Waals surface area (Å²) in [6.45, 7) is 0.886. The third kappa shape index (κ3) is 2.52. The first-order valence-corrected chi connectivity index (χ1v) is 8.82. The summed E-state index contributed by atoms with van der Waals surface area (Å²) in [5.74, 6) is 0.686. The molecule has 2 atom stereocenters. The number of carbonyl (C=O) groups is 1. The molecular weight excluding hydrogens is 306 g/mol. The van der Waals surface area contributed by atoms with Crippen LogP contribution in [0, 0.1) is 5.92 Å². The number of piperidine rings is 1. The zero-order valence-corrected chi connectivity index (χ0v) is 14.0. The molecule has 3 heterocycles. The number of nitrogens with zero attached hydrogens (tertiary/aromatic N) is 5. The third-order valence-corrected chi connectivity index (χ3v) is 5.59. The van der Waals surface area contributed by atoms with Crippen LogP contribution in [0.15, 0.2) is 17.3 Å². The number of carbonyl (C=O) groups excluding carboxylic acids is 1. The fourth-order valence-corrected chi connectivity index (χ4v) is 4.35. The Hall–Kier alpha value is -2.18. The highest BCUT2D eigenvalue weighted by atomic mass is 16.2. The van der Waals surface area contributed by atoms with E-state index in [1.165, 1.54) is 42.8 Å². The van der Waals surface area contributed by atoms with Gasteiger partial charge in [-0.2, -0.15) is 5.10 Å². The van der Waals surface area contributed by atoms with E-state index in [1.807, 2.05) is 4.90 Å². The second-order valence-electron chi connectivity index (χ2n) is 7.02. The predicted octanol–water partition coefficient (Wildman–Crippen LogP) is 1.31. The molecule has 1 aliphatic heterocycles. The summed E-state index contributed by atoms with van der Waals surface area (Å²) >= 11 is 0. The highest BCUT2D eigenvalue weighted by Gasteiger charge is 2.35. The molecule has 1 amide bonds. The molecule has 0 aromatic carbocycles. The van der Waals surface area contributed by atoms with Crippen LogP contribution in [0.4, 0.5) is 0 Å². The SMILES string of the molecule is Cn1ncc2c(=O)n(CC(=O)N3CCC[C@@H]4CCCC[C@H]43)cnc21. The maximum absolute atomic E-state index is 12.8. The monoisotopic (exact) mass is 329 g/mol. The van der Waals surface area contributed by atoms with Crippen LogP contribution in [0.3, 0.4) is 0 Å². The number of aromatic nitrogens is 4. The fraction of sp³-hybridized carbons (Fsp3) is 0.647. The molecule has 128 valence electrons. The molecule has 1 saturated heterocycles. The van der Waals surface area contributed by atoms with Gasteiger partial charge in [0.2, 0.25) is 5.91 Å². The van der Waals surface area contributed by atoms with E-state index < -0.39 is 0 Å². The molecule has 7 nitrogen and oxygen atoms in total. The third-order valence-electron chi connectivity index (χ3n) is 5.59. The lowest BCUT2D eigenvalue weighted by Crippen LogP contribution is -2.51. The van der Waals surface area contributed by atoms with E-state index in [9.17, 15) is 9.59 Å². The normalized spacial score (nSPS) is 24.1. The molecule has 0 spiro atoms. The summed E-state index contributed by atoms with van der Waals surface area (Å²) in [5.41, 5.74) is 0.354. The molecule has 1 aliphatic carbocycles. The Balaban J connectivity index is 1.57. The highest BCUT2D eigenvalue weighted by molar-refractivity contribution is 5.77. The molecule has 2 aromatic rings. The first kappa shape index (κ1) is 15.4. The van der Waals surface area contributed by atoms with E-state index in [0.29, 0.717) is 23.0 Å². The van der Waals surface area contributed by atoms with Crippen LogP contribution >= 0.6 is 0 Å². The van der Waals surface area contributed by atoms with E-state index in [0.717, 1.165) is 19.4 Å². The van der Waals surface area contributed by atoms with Gasteiger partial charge in [0.15, 0.2) is 5.65 Å². The van der Waals surface area contributed by atoms with Crippen LogP contribution in [-0.4, -0.2) is 42.7 Å². The zero-order valence-electron chi connectivity index (χ0n) is 14.0. The molecule has 0 bridgehead atoms. The molecule has 7 heteroatoms. The second-order valence-corrected chi connectivity index (χ2v) is 7.02. The summed E-state index contributed by atoms with van der Waals surface area (Å²) in [7, 11) is 1.75. The molecule has 2 fully saturated rings. The van der Waals surface area contributed by atoms with Crippen LogP contribution in [0.2, 0.25) is 0 Å². The lowest BCUT2D eigenvalue weighted by atomic mass is 9.78. The van der Waals surface area contributed by atoms with Crippen molar-refractivity contribution >= 4 is 16.9 Å². The Morgan fingerprint density at radius 2 is 2.04 bits per heavy atom. The Bertz CT molecular complexity index is 822. The summed E-state index contributed by atoms with van der Waals surface area (Å²) in [4.78, 5) is 31.7. The maximum atomic E-state index is 12.8. The van der Waals surface area contributed by atoms with Crippen LogP contribution in [0.5, 0.6) is 0 Å². The van der Waals surface area contributed by atoms with Crippen LogP contribution in [0.1, 0.15) is 38.5 Å². The number of rotatable bonds is 2. The van der Waals surface area contributed by atoms with E-state index in [4.69, 9.17) is 0 Å². The van der Waals surface area contributed by atoms with Crippen molar-refractivity contribution in [3.05, 3.63) is 22.9 Å². The number of likely N-dealkylation sites (tertiary alicyclic amines) is 1. The minimum atomic E-state index is -0.196. The van der Waals surface area contributed by atoms with E-state index >= 15 is 0 Å². The van der Waals surface area contributed by atoms with Gasteiger partial charge in [0, 0.05) is 19.6 Å². The smallest absolute Gasteiger partial charge is 0.264 e. The van der Waals surface area contributed by atoms with Crippen molar-refractivity contribution in [2.24, 2.45) is 13.0 Å². The van der Waals surface area contributed by atoms with Crippen molar-refractivity contribution < 1.29 is 4.79 Å². The molecule has 0 unspecified atom stereocenters. The topological polar surface area (TPSA) is 73.0 Å². The van der Waals surface area contributed by atoms with Gasteiger partial charge in [-0.1, -0.05) is 12.8 Å². The lowest BCUT2D eigenvalue weighted by molar-refractivity contribution is -0.138. The highest BCUT2D eigenvalue weighted by Crippen LogP contribution is 2.35. The van der Waals surface area contributed by atoms with E-state index in [1.54, 1.807) is 11.7 Å². The molecule has 2 aliphatic rings. The molecule has 4 rings (SSSR count). The Kier molecular flexibility index (Phi) is 3.86. The number of amides is 1. The summed E-state index contributed by atoms with van der Waals surface area (Å²) in [5, 5.41) is 4.53. The van der Waals surface area contributed by atoms with Gasteiger partial charge in [-0.3, -0.25) is 18.8 Å². The minimum Gasteiger partial charge on any atom is -0.338 e. The molecule has 0 N–H and O–H groups in total. The molecule has 1 saturated carbocycles. The van der Waals surface area contributed by atoms with Crippen molar-refractivity contribution in [2.45, 2.75) is 51.1 Å². The van der Waals surface area contributed by atoms with Crippen molar-refractivity contribution in [3.63, 3.8) is 0 Å². The molecule has 24 heavy (non-hydrogen) atoms. The predicted molar refractivity (Wildman–Crippen MR) is 89.5 cm³/mol. The molecule has 0 radical (unpaired) electrons. The van der Waals surface area contributed by atoms with Crippen molar-refractivity contribution in [1.29, 1.82) is 0 Å². The standard InChI is InChI=1S/C17H23N5O2/c1-20-16-13(9-19-20)17(24)21(11-18-16)10-15(23)22-8-4-6-12-5-2-3-7-14(12)22/h9,11-12,14H,2-8,10H2,1H3/t12-,14+/m0/s1. The number of fused-ring (bicyclic) bond motifs is 2. The van der Waals surface area contributed by atoms with Crippen molar-refractivity contribution in [1.82, 2.24) is 24.2 Å². The Morgan fingerprint density at radius 1 is 1.25 bits per heavy atom. The first-order valence-electron chi connectivity index (χ1n) is 8.82.